The van der Waals surface area contributed by atoms with E-state index in [-0.39, 0.29) is 12.5 Å². The molecule has 4 nitrogen and oxygen atoms in total. The molecule has 0 aliphatic carbocycles. The summed E-state index contributed by atoms with van der Waals surface area (Å²) in [6, 6.07) is 13.1. The van der Waals surface area contributed by atoms with Crippen molar-refractivity contribution in [3.05, 3.63) is 66.2 Å². The van der Waals surface area contributed by atoms with Crippen LogP contribution < -0.4 is 14.8 Å². The number of benzene rings is 2. The van der Waals surface area contributed by atoms with Gasteiger partial charge in [0.05, 0.1) is 0 Å². The highest BCUT2D eigenvalue weighted by Crippen LogP contribution is 2.22. The molecule has 1 N–H and O–H groups in total. The minimum absolute atomic E-state index is 0.0383. The van der Waals surface area contributed by atoms with Crippen molar-refractivity contribution >= 4 is 11.6 Å². The number of hydrogen-bond donors (Lipinski definition) is 1. The second-order valence-electron chi connectivity index (χ2n) is 5.19. The first-order chi connectivity index (χ1) is 11.1. The van der Waals surface area contributed by atoms with Crippen molar-refractivity contribution in [2.75, 3.05) is 18.5 Å². The normalized spacial score (nSPS) is 10.0. The molecule has 0 aliphatic heterocycles. The van der Waals surface area contributed by atoms with Gasteiger partial charge in [0.15, 0.2) is 6.61 Å². The van der Waals surface area contributed by atoms with Crippen LogP contribution in [0.1, 0.15) is 11.1 Å². The van der Waals surface area contributed by atoms with Gasteiger partial charge in [0.25, 0.3) is 5.91 Å². The molecule has 1 amide bonds. The molecule has 2 aromatic carbocycles. The molecule has 0 saturated carbocycles. The van der Waals surface area contributed by atoms with Crippen LogP contribution in [0.25, 0.3) is 0 Å². The van der Waals surface area contributed by atoms with Crippen LogP contribution in [-0.2, 0) is 4.79 Å². The molecule has 0 heterocycles. The summed E-state index contributed by atoms with van der Waals surface area (Å²) < 4.78 is 11.1. The number of ether oxygens (including phenoxy) is 2. The maximum Gasteiger partial charge on any atom is 0.262 e. The Kier molecular flexibility index (Phi) is 5.80. The Labute approximate surface area is 136 Å². The Hall–Kier alpha value is -2.75. The van der Waals surface area contributed by atoms with Crippen LogP contribution >= 0.6 is 0 Å². The van der Waals surface area contributed by atoms with Gasteiger partial charge in [0.1, 0.15) is 18.1 Å². The van der Waals surface area contributed by atoms with E-state index in [1.807, 2.05) is 44.2 Å². The molecule has 0 atom stereocenters. The van der Waals surface area contributed by atoms with Crippen molar-refractivity contribution in [3.63, 3.8) is 0 Å². The fourth-order valence-corrected chi connectivity index (χ4v) is 2.18. The molecule has 0 saturated heterocycles. The Balaban J connectivity index is 1.93. The fourth-order valence-electron chi connectivity index (χ4n) is 2.18. The molecule has 0 aliphatic rings. The van der Waals surface area contributed by atoms with Gasteiger partial charge in [-0.25, -0.2) is 0 Å². The van der Waals surface area contributed by atoms with Gasteiger partial charge in [0, 0.05) is 11.8 Å². The van der Waals surface area contributed by atoms with Crippen molar-refractivity contribution in [1.82, 2.24) is 0 Å². The van der Waals surface area contributed by atoms with Crippen LogP contribution in [0.3, 0.4) is 0 Å². The van der Waals surface area contributed by atoms with Crippen LogP contribution in [-0.4, -0.2) is 19.1 Å². The van der Waals surface area contributed by atoms with Crippen molar-refractivity contribution in [2.45, 2.75) is 13.8 Å². The van der Waals surface area contributed by atoms with E-state index in [2.05, 4.69) is 11.9 Å². The molecule has 0 spiro atoms. The first-order valence-corrected chi connectivity index (χ1v) is 7.43. The third-order valence-corrected chi connectivity index (χ3v) is 3.24. The quantitative estimate of drug-likeness (QED) is 0.789. The lowest BCUT2D eigenvalue weighted by Crippen LogP contribution is -2.20. The third kappa shape index (κ3) is 4.88. The zero-order valence-corrected chi connectivity index (χ0v) is 13.5. The highest BCUT2D eigenvalue weighted by atomic mass is 16.5. The Bertz CT molecular complexity index is 675. The maximum absolute atomic E-state index is 12.0. The Morgan fingerprint density at radius 2 is 1.83 bits per heavy atom. The molecule has 0 aromatic heterocycles. The molecule has 0 unspecified atom stereocenters. The lowest BCUT2D eigenvalue weighted by Gasteiger charge is -2.12. The highest BCUT2D eigenvalue weighted by Gasteiger charge is 2.08. The molecule has 120 valence electrons. The smallest absolute Gasteiger partial charge is 0.262 e. The highest BCUT2D eigenvalue weighted by molar-refractivity contribution is 5.92. The first kappa shape index (κ1) is 16.6. The topological polar surface area (TPSA) is 47.6 Å². The summed E-state index contributed by atoms with van der Waals surface area (Å²) in [5, 5.41) is 2.80. The molecule has 0 fully saturated rings. The van der Waals surface area contributed by atoms with Gasteiger partial charge in [0.2, 0.25) is 0 Å². The van der Waals surface area contributed by atoms with Crippen LogP contribution in [0.15, 0.2) is 55.1 Å². The van der Waals surface area contributed by atoms with Crippen molar-refractivity contribution in [3.8, 4) is 11.5 Å². The number of aryl methyl sites for hydroxylation is 2. The maximum atomic E-state index is 12.0. The predicted molar refractivity (Wildman–Crippen MR) is 92.2 cm³/mol. The Morgan fingerprint density at radius 1 is 1.13 bits per heavy atom. The summed E-state index contributed by atoms with van der Waals surface area (Å²) >= 11 is 0. The number of para-hydroxylation sites is 1. The number of nitrogens with one attached hydrogen (secondary N) is 1. The van der Waals surface area contributed by atoms with Crippen molar-refractivity contribution in [1.29, 1.82) is 0 Å². The van der Waals surface area contributed by atoms with E-state index in [9.17, 15) is 4.79 Å². The molecule has 4 heteroatoms. The van der Waals surface area contributed by atoms with Gasteiger partial charge in [-0.2, -0.15) is 0 Å². The summed E-state index contributed by atoms with van der Waals surface area (Å²) in [6.45, 7) is 7.91. The SMILES string of the molecule is C=CCOc1cccc(NC(=O)COc2c(C)cccc2C)c1. The summed E-state index contributed by atoms with van der Waals surface area (Å²) in [6.07, 6.45) is 1.67. The van der Waals surface area contributed by atoms with Gasteiger partial charge < -0.3 is 14.8 Å². The largest absolute Gasteiger partial charge is 0.489 e. The van der Waals surface area contributed by atoms with E-state index in [0.717, 1.165) is 16.9 Å². The van der Waals surface area contributed by atoms with Crippen molar-refractivity contribution < 1.29 is 14.3 Å². The molecule has 23 heavy (non-hydrogen) atoms. The molecule has 2 aromatic rings. The molecule has 2 rings (SSSR count). The van der Waals surface area contributed by atoms with Crippen LogP contribution in [0.2, 0.25) is 0 Å². The van der Waals surface area contributed by atoms with E-state index < -0.39 is 0 Å². The number of carbonyl (C=O) groups excluding carboxylic acids is 1. The molecule has 0 radical (unpaired) electrons. The summed E-state index contributed by atoms with van der Waals surface area (Å²) in [5.41, 5.74) is 2.69. The lowest BCUT2D eigenvalue weighted by molar-refractivity contribution is -0.118. The molecule has 0 bridgehead atoms. The first-order valence-electron chi connectivity index (χ1n) is 7.43. The number of amides is 1. The van der Waals surface area contributed by atoms with Gasteiger partial charge in [-0.05, 0) is 37.1 Å². The summed E-state index contributed by atoms with van der Waals surface area (Å²) in [5.74, 6) is 1.22. The van der Waals surface area contributed by atoms with Crippen LogP contribution in [0.4, 0.5) is 5.69 Å². The fraction of sp³-hybridized carbons (Fsp3) is 0.211. The monoisotopic (exact) mass is 311 g/mol. The standard InChI is InChI=1S/C19H21NO3/c1-4-11-22-17-10-6-9-16(12-17)20-18(21)13-23-19-14(2)7-5-8-15(19)3/h4-10,12H,1,11,13H2,2-3H3,(H,20,21). The van der Waals surface area contributed by atoms with Crippen LogP contribution in [0.5, 0.6) is 11.5 Å². The van der Waals surface area contributed by atoms with E-state index >= 15 is 0 Å². The number of carbonyl (C=O) groups is 1. The lowest BCUT2D eigenvalue weighted by atomic mass is 10.1. The zero-order valence-electron chi connectivity index (χ0n) is 13.5. The number of hydrogen-bond acceptors (Lipinski definition) is 3. The van der Waals surface area contributed by atoms with Gasteiger partial charge in [-0.3, -0.25) is 4.79 Å². The van der Waals surface area contributed by atoms with E-state index in [4.69, 9.17) is 9.47 Å². The number of rotatable bonds is 7. The van der Waals surface area contributed by atoms with E-state index in [1.54, 1.807) is 18.2 Å². The predicted octanol–water partition coefficient (Wildman–Crippen LogP) is 3.89. The molecular formula is C19H21NO3. The average Bonchev–Trinajstić information content (AvgIpc) is 2.53. The molecular weight excluding hydrogens is 290 g/mol. The minimum atomic E-state index is -0.214. The minimum Gasteiger partial charge on any atom is -0.489 e. The zero-order chi connectivity index (χ0) is 16.7. The Morgan fingerprint density at radius 3 is 2.52 bits per heavy atom. The van der Waals surface area contributed by atoms with Gasteiger partial charge >= 0.3 is 0 Å². The second kappa shape index (κ2) is 8.03. The number of anilines is 1. The van der Waals surface area contributed by atoms with Crippen LogP contribution in [0, 0.1) is 13.8 Å². The third-order valence-electron chi connectivity index (χ3n) is 3.24. The summed E-state index contributed by atoms with van der Waals surface area (Å²) in [7, 11) is 0. The van der Waals surface area contributed by atoms with E-state index in [0.29, 0.717) is 18.0 Å². The van der Waals surface area contributed by atoms with Gasteiger partial charge in [-0.15, -0.1) is 0 Å². The van der Waals surface area contributed by atoms with E-state index in [1.165, 1.54) is 0 Å². The second-order valence-corrected chi connectivity index (χ2v) is 5.19. The average molecular weight is 311 g/mol. The van der Waals surface area contributed by atoms with Gasteiger partial charge in [-0.1, -0.05) is 36.9 Å². The van der Waals surface area contributed by atoms with Crippen molar-refractivity contribution in [2.24, 2.45) is 0 Å². The summed E-state index contributed by atoms with van der Waals surface area (Å²) in [4.78, 5) is 12.0.